The predicted octanol–water partition coefficient (Wildman–Crippen LogP) is 3.80. The largest absolute Gasteiger partial charge is 0.354 e. The maximum absolute atomic E-state index is 11.4. The Morgan fingerprint density at radius 3 is 2.55 bits per heavy atom. The molecular formula is C16H18N2OS. The normalized spacial score (nSPS) is 11.2. The fourth-order valence-electron chi connectivity index (χ4n) is 1.75. The molecule has 3 nitrogen and oxygen atoms in total. The van der Waals surface area contributed by atoms with E-state index in [-0.39, 0.29) is 5.91 Å². The van der Waals surface area contributed by atoms with E-state index >= 15 is 0 Å². The van der Waals surface area contributed by atoms with Crippen molar-refractivity contribution in [2.24, 2.45) is 0 Å². The van der Waals surface area contributed by atoms with E-state index in [1.54, 1.807) is 13.2 Å². The number of carbonyl (C=O) groups is 1. The Bertz CT molecular complexity index is 612. The van der Waals surface area contributed by atoms with Gasteiger partial charge in [-0.25, -0.2) is 4.98 Å². The minimum absolute atomic E-state index is 0.0940. The van der Waals surface area contributed by atoms with Gasteiger partial charge in [0.05, 0.1) is 6.20 Å². The lowest BCUT2D eigenvalue weighted by atomic mass is 10.0. The number of rotatable bonds is 4. The van der Waals surface area contributed by atoms with Gasteiger partial charge < -0.3 is 5.32 Å². The van der Waals surface area contributed by atoms with Crippen molar-refractivity contribution in [3.63, 3.8) is 0 Å². The van der Waals surface area contributed by atoms with Crippen LogP contribution in [-0.2, 0) is 0 Å². The molecule has 0 aliphatic rings. The maximum Gasteiger partial charge on any atom is 0.262 e. The Morgan fingerprint density at radius 2 is 1.95 bits per heavy atom. The fraction of sp³-hybridized carbons (Fsp3) is 0.250. The topological polar surface area (TPSA) is 42.0 Å². The smallest absolute Gasteiger partial charge is 0.262 e. The van der Waals surface area contributed by atoms with Crippen molar-refractivity contribution in [3.05, 3.63) is 51.5 Å². The van der Waals surface area contributed by atoms with E-state index in [0.29, 0.717) is 10.8 Å². The summed E-state index contributed by atoms with van der Waals surface area (Å²) < 4.78 is 0. The molecule has 4 heteroatoms. The van der Waals surface area contributed by atoms with Gasteiger partial charge in [-0.05, 0) is 23.1 Å². The van der Waals surface area contributed by atoms with E-state index in [1.807, 2.05) is 12.2 Å². The molecular weight excluding hydrogens is 268 g/mol. The first-order chi connectivity index (χ1) is 9.60. The van der Waals surface area contributed by atoms with Crippen molar-refractivity contribution in [2.75, 3.05) is 7.05 Å². The third-order valence-corrected chi connectivity index (χ3v) is 3.96. The first-order valence-electron chi connectivity index (χ1n) is 6.56. The van der Waals surface area contributed by atoms with E-state index in [2.05, 4.69) is 48.4 Å². The highest BCUT2D eigenvalue weighted by atomic mass is 32.1. The summed E-state index contributed by atoms with van der Waals surface area (Å²) in [5, 5.41) is 3.42. The second kappa shape index (κ2) is 6.48. The molecule has 1 amide bonds. The summed E-state index contributed by atoms with van der Waals surface area (Å²) in [6.07, 6.45) is 5.54. The van der Waals surface area contributed by atoms with E-state index in [9.17, 15) is 4.79 Å². The lowest BCUT2D eigenvalue weighted by Gasteiger charge is -2.04. The van der Waals surface area contributed by atoms with Crippen LogP contribution in [0, 0.1) is 0 Å². The zero-order chi connectivity index (χ0) is 14.5. The summed E-state index contributed by atoms with van der Waals surface area (Å²) in [7, 11) is 1.62. The van der Waals surface area contributed by atoms with Crippen molar-refractivity contribution in [1.29, 1.82) is 0 Å². The third-order valence-electron chi connectivity index (χ3n) is 3.00. The first-order valence-corrected chi connectivity index (χ1v) is 7.37. The van der Waals surface area contributed by atoms with Gasteiger partial charge in [-0.3, -0.25) is 4.79 Å². The zero-order valence-electron chi connectivity index (χ0n) is 11.9. The van der Waals surface area contributed by atoms with E-state index in [1.165, 1.54) is 16.9 Å². The lowest BCUT2D eigenvalue weighted by Crippen LogP contribution is -2.16. The number of hydrogen-bond acceptors (Lipinski definition) is 3. The van der Waals surface area contributed by atoms with Crippen LogP contribution in [0.25, 0.3) is 12.2 Å². The monoisotopic (exact) mass is 286 g/mol. The number of benzene rings is 1. The van der Waals surface area contributed by atoms with Gasteiger partial charge in [0.25, 0.3) is 5.91 Å². The molecule has 0 atom stereocenters. The number of hydrogen-bond donors (Lipinski definition) is 1. The summed E-state index contributed by atoms with van der Waals surface area (Å²) >= 11 is 1.38. The molecule has 20 heavy (non-hydrogen) atoms. The third kappa shape index (κ3) is 3.54. The molecule has 1 aromatic heterocycles. The standard InChI is InChI=1S/C16H18N2OS/c1-11(2)13-7-4-12(5-8-13)6-9-15-18-10-14(20-15)16(19)17-3/h4-11H,1-3H3,(H,17,19)/b9-6-. The molecule has 0 saturated carbocycles. The highest BCUT2D eigenvalue weighted by Gasteiger charge is 2.06. The number of nitrogens with zero attached hydrogens (tertiary/aromatic N) is 1. The van der Waals surface area contributed by atoms with Crippen LogP contribution in [0.15, 0.2) is 30.5 Å². The Kier molecular flexibility index (Phi) is 4.69. The van der Waals surface area contributed by atoms with Gasteiger partial charge in [0, 0.05) is 7.05 Å². The molecule has 1 aromatic carbocycles. The highest BCUT2D eigenvalue weighted by molar-refractivity contribution is 7.14. The fourth-order valence-corrected chi connectivity index (χ4v) is 2.52. The predicted molar refractivity (Wildman–Crippen MR) is 85.0 cm³/mol. The van der Waals surface area contributed by atoms with Crippen molar-refractivity contribution < 1.29 is 4.79 Å². The molecule has 1 heterocycles. The van der Waals surface area contributed by atoms with Crippen LogP contribution < -0.4 is 5.32 Å². The van der Waals surface area contributed by atoms with Gasteiger partial charge in [0.2, 0.25) is 0 Å². The van der Waals surface area contributed by atoms with Gasteiger partial charge in [-0.15, -0.1) is 11.3 Å². The van der Waals surface area contributed by atoms with Crippen LogP contribution in [0.5, 0.6) is 0 Å². The van der Waals surface area contributed by atoms with Crippen molar-refractivity contribution in [1.82, 2.24) is 10.3 Å². The van der Waals surface area contributed by atoms with Crippen LogP contribution in [0.3, 0.4) is 0 Å². The molecule has 0 aliphatic heterocycles. The zero-order valence-corrected chi connectivity index (χ0v) is 12.7. The second-order valence-corrected chi connectivity index (χ2v) is 5.86. The minimum Gasteiger partial charge on any atom is -0.354 e. The van der Waals surface area contributed by atoms with Crippen molar-refractivity contribution >= 4 is 29.4 Å². The van der Waals surface area contributed by atoms with Crippen LogP contribution >= 0.6 is 11.3 Å². The molecule has 2 rings (SSSR count). The first kappa shape index (κ1) is 14.5. The molecule has 0 unspecified atom stereocenters. The van der Waals surface area contributed by atoms with Gasteiger partial charge >= 0.3 is 0 Å². The highest BCUT2D eigenvalue weighted by Crippen LogP contribution is 2.18. The molecule has 0 fully saturated rings. The maximum atomic E-state index is 11.4. The van der Waals surface area contributed by atoms with E-state index < -0.39 is 0 Å². The molecule has 0 bridgehead atoms. The number of aromatic nitrogens is 1. The SMILES string of the molecule is CNC(=O)c1cnc(/C=C\c2ccc(C(C)C)cc2)s1. The summed E-state index contributed by atoms with van der Waals surface area (Å²) in [4.78, 5) is 16.3. The summed E-state index contributed by atoms with van der Waals surface area (Å²) in [6.45, 7) is 4.36. The number of carbonyl (C=O) groups excluding carboxylic acids is 1. The Morgan fingerprint density at radius 1 is 1.25 bits per heavy atom. The molecule has 0 saturated heterocycles. The van der Waals surface area contributed by atoms with E-state index in [0.717, 1.165) is 10.6 Å². The van der Waals surface area contributed by atoms with Crippen LogP contribution in [0.4, 0.5) is 0 Å². The number of thiazole rings is 1. The van der Waals surface area contributed by atoms with E-state index in [4.69, 9.17) is 0 Å². The average molecular weight is 286 g/mol. The summed E-state index contributed by atoms with van der Waals surface area (Å²) in [6, 6.07) is 8.47. The number of amides is 1. The number of nitrogens with one attached hydrogen (secondary N) is 1. The molecule has 2 aromatic rings. The molecule has 1 N–H and O–H groups in total. The second-order valence-electron chi connectivity index (χ2n) is 4.80. The minimum atomic E-state index is -0.0940. The summed E-state index contributed by atoms with van der Waals surface area (Å²) in [5.41, 5.74) is 2.46. The van der Waals surface area contributed by atoms with Crippen LogP contribution in [-0.4, -0.2) is 17.9 Å². The molecule has 0 spiro atoms. The van der Waals surface area contributed by atoms with Crippen LogP contribution in [0.2, 0.25) is 0 Å². The lowest BCUT2D eigenvalue weighted by molar-refractivity contribution is 0.0967. The van der Waals surface area contributed by atoms with Gasteiger partial charge in [0.1, 0.15) is 9.88 Å². The summed E-state index contributed by atoms with van der Waals surface area (Å²) in [5.74, 6) is 0.450. The van der Waals surface area contributed by atoms with Gasteiger partial charge in [-0.2, -0.15) is 0 Å². The Balaban J connectivity index is 2.09. The Labute approximate surface area is 123 Å². The molecule has 0 aliphatic carbocycles. The van der Waals surface area contributed by atoms with Crippen LogP contribution in [0.1, 0.15) is 45.6 Å². The molecule has 0 radical (unpaired) electrons. The Hall–Kier alpha value is -1.94. The average Bonchev–Trinajstić information content (AvgIpc) is 2.93. The molecule has 104 valence electrons. The van der Waals surface area contributed by atoms with Crippen molar-refractivity contribution in [2.45, 2.75) is 19.8 Å². The van der Waals surface area contributed by atoms with Crippen molar-refractivity contribution in [3.8, 4) is 0 Å². The quantitative estimate of drug-likeness (QED) is 0.929. The van der Waals surface area contributed by atoms with Gasteiger partial charge in [-0.1, -0.05) is 44.2 Å². The van der Waals surface area contributed by atoms with Gasteiger partial charge in [0.15, 0.2) is 0 Å².